The van der Waals surface area contributed by atoms with Crippen LogP contribution < -0.4 is 5.32 Å². The van der Waals surface area contributed by atoms with E-state index in [1.54, 1.807) is 11.3 Å². The Morgan fingerprint density at radius 1 is 1.67 bits per heavy atom. The van der Waals surface area contributed by atoms with Crippen molar-refractivity contribution in [1.82, 2.24) is 10.3 Å². The van der Waals surface area contributed by atoms with E-state index in [0.29, 0.717) is 6.04 Å². The third-order valence-electron chi connectivity index (χ3n) is 2.34. The molecule has 1 rings (SSSR count). The molecular weight excluding hydrogens is 204 g/mol. The van der Waals surface area contributed by atoms with Crippen LogP contribution in [0.25, 0.3) is 0 Å². The molecule has 0 bridgehead atoms. The molecule has 84 valence electrons. The minimum Gasteiger partial charge on any atom is -0.309 e. The molecule has 1 aromatic rings. The zero-order valence-corrected chi connectivity index (χ0v) is 10.2. The molecule has 3 heteroatoms. The summed E-state index contributed by atoms with van der Waals surface area (Å²) >= 11 is 1.74. The van der Waals surface area contributed by atoms with E-state index >= 15 is 0 Å². The van der Waals surface area contributed by atoms with E-state index in [0.717, 1.165) is 13.0 Å². The molecule has 1 atom stereocenters. The summed E-state index contributed by atoms with van der Waals surface area (Å²) < 4.78 is 0. The van der Waals surface area contributed by atoms with E-state index in [-0.39, 0.29) is 0 Å². The van der Waals surface area contributed by atoms with E-state index in [1.807, 2.05) is 17.8 Å². The molecular formula is C12H20N2S. The Morgan fingerprint density at radius 3 is 3.13 bits per heavy atom. The lowest BCUT2D eigenvalue weighted by molar-refractivity contribution is 0.492. The summed E-state index contributed by atoms with van der Waals surface area (Å²) in [6, 6.07) is 0.484. The molecule has 0 aliphatic rings. The molecule has 0 spiro atoms. The van der Waals surface area contributed by atoms with Crippen LogP contribution in [0, 0.1) is 0 Å². The molecule has 1 unspecified atom stereocenters. The van der Waals surface area contributed by atoms with Gasteiger partial charge in [0.1, 0.15) is 0 Å². The van der Waals surface area contributed by atoms with Gasteiger partial charge in [-0.05, 0) is 32.2 Å². The van der Waals surface area contributed by atoms with E-state index in [4.69, 9.17) is 0 Å². The van der Waals surface area contributed by atoms with Crippen molar-refractivity contribution in [3.05, 3.63) is 29.2 Å². The zero-order valence-electron chi connectivity index (χ0n) is 9.41. The number of thiazole rings is 1. The number of unbranched alkanes of at least 4 members (excludes halogenated alkanes) is 1. The Balaban J connectivity index is 2.42. The Morgan fingerprint density at radius 2 is 2.53 bits per heavy atom. The van der Waals surface area contributed by atoms with Gasteiger partial charge >= 0.3 is 0 Å². The van der Waals surface area contributed by atoms with Crippen molar-refractivity contribution in [3.63, 3.8) is 0 Å². The van der Waals surface area contributed by atoms with Gasteiger partial charge in [0.2, 0.25) is 0 Å². The summed E-state index contributed by atoms with van der Waals surface area (Å²) in [5.41, 5.74) is 1.91. The number of hydrogen-bond acceptors (Lipinski definition) is 3. The number of allylic oxidation sites excluding steroid dienone is 1. The maximum absolute atomic E-state index is 4.14. The standard InChI is InChI=1S/C12H20N2S/c1-3-5-6-7-11(14-8-4-2)12-9-13-10-15-12/h3,9-11,14H,1,4-8H2,2H3. The molecule has 1 N–H and O–H groups in total. The van der Waals surface area contributed by atoms with Crippen LogP contribution in [-0.2, 0) is 0 Å². The molecule has 0 radical (unpaired) electrons. The Labute approximate surface area is 96.4 Å². The highest BCUT2D eigenvalue weighted by atomic mass is 32.1. The number of nitrogens with zero attached hydrogens (tertiary/aromatic N) is 1. The van der Waals surface area contributed by atoms with Crippen LogP contribution in [0.5, 0.6) is 0 Å². The predicted molar refractivity (Wildman–Crippen MR) is 67.2 cm³/mol. The lowest BCUT2D eigenvalue weighted by Gasteiger charge is -2.16. The van der Waals surface area contributed by atoms with Crippen molar-refractivity contribution in [3.8, 4) is 0 Å². The molecule has 0 amide bonds. The fraction of sp³-hybridized carbons (Fsp3) is 0.583. The third kappa shape index (κ3) is 4.58. The van der Waals surface area contributed by atoms with Crippen molar-refractivity contribution in [2.75, 3.05) is 6.54 Å². The van der Waals surface area contributed by atoms with Crippen LogP contribution >= 0.6 is 11.3 Å². The highest BCUT2D eigenvalue weighted by Crippen LogP contribution is 2.22. The SMILES string of the molecule is C=CCCCC(NCCC)c1cncs1. The molecule has 0 aromatic carbocycles. The lowest BCUT2D eigenvalue weighted by atomic mass is 10.1. The van der Waals surface area contributed by atoms with Gasteiger partial charge in [0.05, 0.1) is 5.51 Å². The number of aromatic nitrogens is 1. The van der Waals surface area contributed by atoms with Gasteiger partial charge in [-0.2, -0.15) is 0 Å². The smallest absolute Gasteiger partial charge is 0.0794 e. The maximum atomic E-state index is 4.14. The van der Waals surface area contributed by atoms with Crippen LogP contribution in [0.2, 0.25) is 0 Å². The topological polar surface area (TPSA) is 24.9 Å². The number of rotatable bonds is 8. The van der Waals surface area contributed by atoms with Crippen molar-refractivity contribution in [2.45, 2.75) is 38.6 Å². The Hall–Kier alpha value is -0.670. The van der Waals surface area contributed by atoms with E-state index in [9.17, 15) is 0 Å². The first-order valence-electron chi connectivity index (χ1n) is 5.61. The molecule has 15 heavy (non-hydrogen) atoms. The van der Waals surface area contributed by atoms with Gasteiger partial charge in [-0.3, -0.25) is 4.98 Å². The zero-order chi connectivity index (χ0) is 10.9. The van der Waals surface area contributed by atoms with Crippen LogP contribution in [0.4, 0.5) is 0 Å². The van der Waals surface area contributed by atoms with Crippen molar-refractivity contribution < 1.29 is 0 Å². The summed E-state index contributed by atoms with van der Waals surface area (Å²) in [6.45, 7) is 7.03. The van der Waals surface area contributed by atoms with Gasteiger partial charge in [-0.15, -0.1) is 17.9 Å². The molecule has 1 aromatic heterocycles. The van der Waals surface area contributed by atoms with Crippen molar-refractivity contribution in [1.29, 1.82) is 0 Å². The minimum atomic E-state index is 0.484. The predicted octanol–water partition coefficient (Wildman–Crippen LogP) is 3.54. The third-order valence-corrected chi connectivity index (χ3v) is 3.23. The molecule has 0 aliphatic heterocycles. The van der Waals surface area contributed by atoms with Gasteiger partial charge in [-0.1, -0.05) is 13.0 Å². The van der Waals surface area contributed by atoms with E-state index in [1.165, 1.54) is 24.1 Å². The first-order chi connectivity index (χ1) is 7.38. The van der Waals surface area contributed by atoms with Gasteiger partial charge in [0.15, 0.2) is 0 Å². The summed E-state index contributed by atoms with van der Waals surface area (Å²) in [7, 11) is 0. The number of hydrogen-bond donors (Lipinski definition) is 1. The maximum Gasteiger partial charge on any atom is 0.0794 e. The van der Waals surface area contributed by atoms with Gasteiger partial charge < -0.3 is 5.32 Å². The molecule has 0 saturated heterocycles. The van der Waals surface area contributed by atoms with Crippen molar-refractivity contribution >= 4 is 11.3 Å². The second kappa shape index (κ2) is 7.60. The fourth-order valence-electron chi connectivity index (χ4n) is 1.53. The first kappa shape index (κ1) is 12.4. The van der Waals surface area contributed by atoms with Gasteiger partial charge in [-0.25, -0.2) is 0 Å². The van der Waals surface area contributed by atoms with Gasteiger partial charge in [0, 0.05) is 17.1 Å². The van der Waals surface area contributed by atoms with E-state index < -0.39 is 0 Å². The molecule has 0 saturated carbocycles. The second-order valence-corrected chi connectivity index (χ2v) is 4.55. The van der Waals surface area contributed by atoms with Crippen LogP contribution in [0.3, 0.4) is 0 Å². The average Bonchev–Trinajstić information content (AvgIpc) is 2.76. The molecule has 1 heterocycles. The Kier molecular flexibility index (Phi) is 6.28. The van der Waals surface area contributed by atoms with Gasteiger partial charge in [0.25, 0.3) is 0 Å². The molecule has 0 fully saturated rings. The molecule has 0 aliphatic carbocycles. The highest BCUT2D eigenvalue weighted by Gasteiger charge is 2.10. The fourth-order valence-corrected chi connectivity index (χ4v) is 2.26. The minimum absolute atomic E-state index is 0.484. The normalized spacial score (nSPS) is 12.6. The van der Waals surface area contributed by atoms with Crippen LogP contribution in [-0.4, -0.2) is 11.5 Å². The van der Waals surface area contributed by atoms with Crippen LogP contribution in [0.15, 0.2) is 24.4 Å². The number of nitrogens with one attached hydrogen (secondary N) is 1. The monoisotopic (exact) mass is 224 g/mol. The summed E-state index contributed by atoms with van der Waals surface area (Å²) in [5, 5.41) is 3.57. The summed E-state index contributed by atoms with van der Waals surface area (Å²) in [4.78, 5) is 5.49. The second-order valence-electron chi connectivity index (χ2n) is 3.63. The molecule has 2 nitrogen and oxygen atoms in total. The Bertz CT molecular complexity index is 257. The summed E-state index contributed by atoms with van der Waals surface area (Å²) in [6.07, 6.45) is 8.62. The quantitative estimate of drug-likeness (QED) is 0.539. The average molecular weight is 224 g/mol. The first-order valence-corrected chi connectivity index (χ1v) is 6.49. The largest absolute Gasteiger partial charge is 0.309 e. The van der Waals surface area contributed by atoms with E-state index in [2.05, 4.69) is 23.8 Å². The highest BCUT2D eigenvalue weighted by molar-refractivity contribution is 7.09. The van der Waals surface area contributed by atoms with Crippen molar-refractivity contribution in [2.24, 2.45) is 0 Å². The lowest BCUT2D eigenvalue weighted by Crippen LogP contribution is -2.21. The van der Waals surface area contributed by atoms with Crippen LogP contribution in [0.1, 0.15) is 43.5 Å². The summed E-state index contributed by atoms with van der Waals surface area (Å²) in [5.74, 6) is 0.